The molecule has 0 atom stereocenters. The molecule has 96 valence electrons. The number of benzene rings is 2. The van der Waals surface area contributed by atoms with Crippen molar-refractivity contribution < 1.29 is 4.74 Å². The summed E-state index contributed by atoms with van der Waals surface area (Å²) in [7, 11) is 0. The van der Waals surface area contributed by atoms with E-state index in [-0.39, 0.29) is 0 Å². The first-order valence-corrected chi connectivity index (χ1v) is 7.02. The Labute approximate surface area is 125 Å². The third-order valence-electron chi connectivity index (χ3n) is 2.62. The van der Waals surface area contributed by atoms with Crippen LogP contribution >= 0.6 is 27.5 Å². The average molecular weight is 337 g/mol. The van der Waals surface area contributed by atoms with E-state index in [0.717, 1.165) is 21.3 Å². The van der Waals surface area contributed by atoms with Crippen molar-refractivity contribution in [2.24, 2.45) is 0 Å². The van der Waals surface area contributed by atoms with Gasteiger partial charge in [0.15, 0.2) is 0 Å². The van der Waals surface area contributed by atoms with E-state index in [1.165, 1.54) is 0 Å². The van der Waals surface area contributed by atoms with Crippen LogP contribution in [0.5, 0.6) is 5.75 Å². The Balaban J connectivity index is 2.12. The van der Waals surface area contributed by atoms with Gasteiger partial charge in [-0.25, -0.2) is 0 Å². The van der Waals surface area contributed by atoms with Gasteiger partial charge in [0.05, 0.1) is 17.5 Å². The van der Waals surface area contributed by atoms with Gasteiger partial charge >= 0.3 is 0 Å². The van der Waals surface area contributed by atoms with Crippen molar-refractivity contribution in [1.29, 1.82) is 5.26 Å². The van der Waals surface area contributed by atoms with Crippen LogP contribution in [0.2, 0.25) is 0 Å². The predicted octanol–water partition coefficient (Wildman–Crippen LogP) is 4.64. The largest absolute Gasteiger partial charge is 0.489 e. The van der Waals surface area contributed by atoms with Gasteiger partial charge in [-0.1, -0.05) is 28.1 Å². The van der Waals surface area contributed by atoms with Crippen LogP contribution < -0.4 is 4.74 Å². The molecule has 0 aromatic heterocycles. The first kappa shape index (κ1) is 13.9. The first-order chi connectivity index (χ1) is 9.22. The monoisotopic (exact) mass is 335 g/mol. The van der Waals surface area contributed by atoms with Crippen LogP contribution in [0.1, 0.15) is 16.7 Å². The molecule has 2 rings (SSSR count). The number of nitrogens with zero attached hydrogens (tertiary/aromatic N) is 1. The molecular weight excluding hydrogens is 326 g/mol. The SMILES string of the molecule is N#Cc1cccc(COc2ccc(Br)cc2CCl)c1. The lowest BCUT2D eigenvalue weighted by molar-refractivity contribution is 0.304. The second-order valence-electron chi connectivity index (χ2n) is 3.99. The van der Waals surface area contributed by atoms with Gasteiger partial charge in [-0.15, -0.1) is 11.6 Å². The van der Waals surface area contributed by atoms with Crippen molar-refractivity contribution in [3.05, 3.63) is 63.6 Å². The Hall–Kier alpha value is -1.50. The number of nitriles is 1. The highest BCUT2D eigenvalue weighted by Crippen LogP contribution is 2.25. The molecule has 2 aromatic rings. The highest BCUT2D eigenvalue weighted by molar-refractivity contribution is 9.10. The van der Waals surface area contributed by atoms with E-state index in [1.807, 2.05) is 36.4 Å². The molecule has 0 amide bonds. The number of hydrogen-bond donors (Lipinski definition) is 0. The maximum absolute atomic E-state index is 8.85. The number of halogens is 2. The number of hydrogen-bond acceptors (Lipinski definition) is 2. The molecule has 0 unspecified atom stereocenters. The minimum atomic E-state index is 0.396. The van der Waals surface area contributed by atoms with Crippen molar-refractivity contribution in [1.82, 2.24) is 0 Å². The fraction of sp³-hybridized carbons (Fsp3) is 0.133. The van der Waals surface area contributed by atoms with Gasteiger partial charge in [-0.05, 0) is 35.9 Å². The summed E-state index contributed by atoms with van der Waals surface area (Å²) >= 11 is 9.29. The molecule has 2 aromatic carbocycles. The van der Waals surface area contributed by atoms with E-state index in [4.69, 9.17) is 21.6 Å². The summed E-state index contributed by atoms with van der Waals surface area (Å²) in [6, 6.07) is 15.2. The van der Waals surface area contributed by atoms with Crippen LogP contribution in [0.15, 0.2) is 46.9 Å². The first-order valence-electron chi connectivity index (χ1n) is 5.69. The summed E-state index contributed by atoms with van der Waals surface area (Å²) in [6.45, 7) is 0.418. The van der Waals surface area contributed by atoms with Crippen molar-refractivity contribution in [2.45, 2.75) is 12.5 Å². The highest BCUT2D eigenvalue weighted by atomic mass is 79.9. The fourth-order valence-electron chi connectivity index (χ4n) is 1.69. The molecule has 0 saturated heterocycles. The zero-order chi connectivity index (χ0) is 13.7. The van der Waals surface area contributed by atoms with Crippen LogP contribution in [0.4, 0.5) is 0 Å². The molecule has 0 radical (unpaired) electrons. The molecule has 0 saturated carbocycles. The van der Waals surface area contributed by atoms with E-state index in [0.29, 0.717) is 18.1 Å². The smallest absolute Gasteiger partial charge is 0.124 e. The van der Waals surface area contributed by atoms with E-state index >= 15 is 0 Å². The zero-order valence-corrected chi connectivity index (χ0v) is 12.4. The van der Waals surface area contributed by atoms with Crippen LogP contribution in [0.25, 0.3) is 0 Å². The maximum Gasteiger partial charge on any atom is 0.124 e. The van der Waals surface area contributed by atoms with Gasteiger partial charge in [0.2, 0.25) is 0 Å². The topological polar surface area (TPSA) is 33.0 Å². The van der Waals surface area contributed by atoms with Gasteiger partial charge < -0.3 is 4.74 Å². The maximum atomic E-state index is 8.85. The lowest BCUT2D eigenvalue weighted by Crippen LogP contribution is -1.98. The second-order valence-corrected chi connectivity index (χ2v) is 5.17. The molecule has 0 heterocycles. The Bertz CT molecular complexity index is 622. The van der Waals surface area contributed by atoms with Gasteiger partial charge in [0.25, 0.3) is 0 Å². The molecule has 19 heavy (non-hydrogen) atoms. The van der Waals surface area contributed by atoms with Crippen molar-refractivity contribution >= 4 is 27.5 Å². The molecule has 0 aliphatic carbocycles. The van der Waals surface area contributed by atoms with Gasteiger partial charge in [-0.3, -0.25) is 0 Å². The molecule has 0 fully saturated rings. The van der Waals surface area contributed by atoms with E-state index in [1.54, 1.807) is 6.07 Å². The molecule has 4 heteroatoms. The summed E-state index contributed by atoms with van der Waals surface area (Å²) in [4.78, 5) is 0. The van der Waals surface area contributed by atoms with E-state index in [2.05, 4.69) is 22.0 Å². The van der Waals surface area contributed by atoms with Crippen molar-refractivity contribution in [2.75, 3.05) is 0 Å². The van der Waals surface area contributed by atoms with E-state index < -0.39 is 0 Å². The normalized spacial score (nSPS) is 9.95. The molecular formula is C15H11BrClNO. The Kier molecular flexibility index (Phi) is 4.84. The standard InChI is InChI=1S/C15H11BrClNO/c16-14-4-5-15(13(7-14)8-17)19-10-12-3-1-2-11(6-12)9-18/h1-7H,8,10H2. The van der Waals surface area contributed by atoms with Crippen LogP contribution in [-0.4, -0.2) is 0 Å². The van der Waals surface area contributed by atoms with Crippen molar-refractivity contribution in [3.8, 4) is 11.8 Å². The van der Waals surface area contributed by atoms with Crippen molar-refractivity contribution in [3.63, 3.8) is 0 Å². The lowest BCUT2D eigenvalue weighted by Gasteiger charge is -2.10. The third-order valence-corrected chi connectivity index (χ3v) is 3.40. The third kappa shape index (κ3) is 3.73. The molecule has 0 aliphatic rings. The summed E-state index contributed by atoms with van der Waals surface area (Å²) in [5.41, 5.74) is 2.53. The Morgan fingerprint density at radius 3 is 2.79 bits per heavy atom. The summed E-state index contributed by atoms with van der Waals surface area (Å²) < 4.78 is 6.73. The van der Waals surface area contributed by atoms with Gasteiger partial charge in [-0.2, -0.15) is 5.26 Å². The van der Waals surface area contributed by atoms with Crippen LogP contribution in [0.3, 0.4) is 0 Å². The summed E-state index contributed by atoms with van der Waals surface area (Å²) in [5.74, 6) is 1.16. The number of ether oxygens (including phenoxy) is 1. The highest BCUT2D eigenvalue weighted by Gasteiger charge is 2.04. The molecule has 0 N–H and O–H groups in total. The van der Waals surface area contributed by atoms with E-state index in [9.17, 15) is 0 Å². The second kappa shape index (κ2) is 6.60. The average Bonchev–Trinajstić information content (AvgIpc) is 2.46. The molecule has 0 aliphatic heterocycles. The number of rotatable bonds is 4. The minimum Gasteiger partial charge on any atom is -0.489 e. The predicted molar refractivity (Wildman–Crippen MR) is 79.2 cm³/mol. The fourth-order valence-corrected chi connectivity index (χ4v) is 2.30. The molecule has 2 nitrogen and oxygen atoms in total. The minimum absolute atomic E-state index is 0.396. The molecule has 0 spiro atoms. The van der Waals surface area contributed by atoms with Crippen LogP contribution in [-0.2, 0) is 12.5 Å². The number of alkyl halides is 1. The Morgan fingerprint density at radius 1 is 1.21 bits per heavy atom. The quantitative estimate of drug-likeness (QED) is 0.762. The Morgan fingerprint density at radius 2 is 2.05 bits per heavy atom. The summed E-state index contributed by atoms with van der Waals surface area (Å²) in [5, 5.41) is 8.85. The van der Waals surface area contributed by atoms with Gasteiger partial charge in [0.1, 0.15) is 12.4 Å². The summed E-state index contributed by atoms with van der Waals surface area (Å²) in [6.07, 6.45) is 0. The van der Waals surface area contributed by atoms with Crippen LogP contribution in [0, 0.1) is 11.3 Å². The van der Waals surface area contributed by atoms with Gasteiger partial charge in [0, 0.05) is 10.0 Å². The zero-order valence-electron chi connectivity index (χ0n) is 10.1. The molecule has 0 bridgehead atoms. The lowest BCUT2D eigenvalue weighted by atomic mass is 10.1.